The standard InChI is InChI=1S/C23H22N6O4S2/c1-12-11-35-23(27-12)28-18(30)5-6-34-22-15(10-25)19(14(9-24)21(26)29-22)13-7-16(31-2)20(33-4)17(8-13)32-3/h7-8,11H,5-6H2,1-4H3,(H2,26,29)(H,27,28,30). The van der Waals surface area contributed by atoms with Crippen molar-refractivity contribution in [3.05, 3.63) is 34.3 Å². The van der Waals surface area contributed by atoms with Gasteiger partial charge < -0.3 is 25.3 Å². The number of anilines is 2. The molecule has 0 spiro atoms. The van der Waals surface area contributed by atoms with E-state index in [0.29, 0.717) is 44.3 Å². The van der Waals surface area contributed by atoms with E-state index in [1.165, 1.54) is 44.4 Å². The van der Waals surface area contributed by atoms with Crippen molar-refractivity contribution in [1.82, 2.24) is 9.97 Å². The fraction of sp³-hybridized carbons (Fsp3) is 0.261. The molecule has 35 heavy (non-hydrogen) atoms. The Bertz CT molecular complexity index is 1320. The third-order valence-corrected chi connectivity index (χ3v) is 6.65. The summed E-state index contributed by atoms with van der Waals surface area (Å²) in [6, 6.07) is 7.45. The molecule has 0 fully saturated rings. The van der Waals surface area contributed by atoms with Gasteiger partial charge in [-0.2, -0.15) is 10.5 Å². The molecule has 0 atom stereocenters. The number of thioether (sulfide) groups is 1. The highest BCUT2D eigenvalue weighted by atomic mass is 32.2. The molecule has 0 saturated heterocycles. The quantitative estimate of drug-likeness (QED) is 0.403. The van der Waals surface area contributed by atoms with E-state index in [4.69, 9.17) is 19.9 Å². The lowest BCUT2D eigenvalue weighted by atomic mass is 9.96. The number of aromatic nitrogens is 2. The van der Waals surface area contributed by atoms with Gasteiger partial charge in [0.25, 0.3) is 0 Å². The number of benzene rings is 1. The van der Waals surface area contributed by atoms with Crippen LogP contribution in [0.15, 0.2) is 22.5 Å². The molecule has 180 valence electrons. The molecular weight excluding hydrogens is 488 g/mol. The van der Waals surface area contributed by atoms with Crippen molar-refractivity contribution in [2.75, 3.05) is 38.1 Å². The van der Waals surface area contributed by atoms with Gasteiger partial charge in [-0.25, -0.2) is 9.97 Å². The van der Waals surface area contributed by atoms with Crippen molar-refractivity contribution in [1.29, 1.82) is 10.5 Å². The molecule has 0 aliphatic carbocycles. The van der Waals surface area contributed by atoms with Crippen LogP contribution in [0.4, 0.5) is 10.9 Å². The Morgan fingerprint density at radius 2 is 1.77 bits per heavy atom. The molecule has 0 aliphatic rings. The Labute approximate surface area is 210 Å². The summed E-state index contributed by atoms with van der Waals surface area (Å²) in [4.78, 5) is 20.8. The van der Waals surface area contributed by atoms with Gasteiger partial charge >= 0.3 is 0 Å². The van der Waals surface area contributed by atoms with Crippen molar-refractivity contribution in [3.63, 3.8) is 0 Å². The van der Waals surface area contributed by atoms with Gasteiger partial charge in [-0.3, -0.25) is 4.79 Å². The normalized spacial score (nSPS) is 10.2. The van der Waals surface area contributed by atoms with Crippen LogP contribution in [-0.4, -0.2) is 43.0 Å². The number of nitrogens with zero attached hydrogens (tertiary/aromatic N) is 4. The molecule has 0 bridgehead atoms. The van der Waals surface area contributed by atoms with Gasteiger partial charge in [-0.1, -0.05) is 0 Å². The molecule has 2 aromatic heterocycles. The van der Waals surface area contributed by atoms with Gasteiger partial charge in [0.05, 0.1) is 32.6 Å². The van der Waals surface area contributed by atoms with Crippen molar-refractivity contribution in [2.24, 2.45) is 0 Å². The minimum Gasteiger partial charge on any atom is -0.493 e. The van der Waals surface area contributed by atoms with E-state index in [9.17, 15) is 15.3 Å². The van der Waals surface area contributed by atoms with Crippen LogP contribution in [-0.2, 0) is 4.79 Å². The smallest absolute Gasteiger partial charge is 0.226 e. The van der Waals surface area contributed by atoms with Crippen LogP contribution in [0.2, 0.25) is 0 Å². The SMILES string of the molecule is COc1cc(-c2c(C#N)c(N)nc(SCCC(=O)Nc3nc(C)cs3)c2C#N)cc(OC)c1OC. The average Bonchev–Trinajstić information content (AvgIpc) is 3.26. The number of rotatable bonds is 9. The van der Waals surface area contributed by atoms with Crippen LogP contribution in [0.3, 0.4) is 0 Å². The maximum absolute atomic E-state index is 12.3. The van der Waals surface area contributed by atoms with Gasteiger partial charge in [-0.15, -0.1) is 23.1 Å². The van der Waals surface area contributed by atoms with Gasteiger partial charge in [0.1, 0.15) is 28.5 Å². The fourth-order valence-corrected chi connectivity index (χ4v) is 4.89. The molecule has 0 aliphatic heterocycles. The fourth-order valence-electron chi connectivity index (χ4n) is 3.25. The van der Waals surface area contributed by atoms with E-state index in [-0.39, 0.29) is 29.3 Å². The first-order valence-corrected chi connectivity index (χ1v) is 12.0. The van der Waals surface area contributed by atoms with Crippen LogP contribution in [0.5, 0.6) is 17.2 Å². The van der Waals surface area contributed by atoms with Crippen molar-refractivity contribution < 1.29 is 19.0 Å². The molecule has 10 nitrogen and oxygen atoms in total. The molecule has 0 saturated carbocycles. The number of nitrogen functional groups attached to an aromatic ring is 1. The van der Waals surface area contributed by atoms with E-state index < -0.39 is 0 Å². The summed E-state index contributed by atoms with van der Waals surface area (Å²) in [5, 5.41) is 25.2. The molecule has 1 amide bonds. The second-order valence-electron chi connectivity index (χ2n) is 7.01. The number of carbonyl (C=O) groups excluding carboxylic acids is 1. The summed E-state index contributed by atoms with van der Waals surface area (Å²) < 4.78 is 16.2. The number of carbonyl (C=O) groups is 1. The third-order valence-electron chi connectivity index (χ3n) is 4.80. The molecule has 3 N–H and O–H groups in total. The average molecular weight is 511 g/mol. The van der Waals surface area contributed by atoms with Crippen LogP contribution in [0.25, 0.3) is 11.1 Å². The monoisotopic (exact) mass is 510 g/mol. The zero-order valence-electron chi connectivity index (χ0n) is 19.5. The number of ether oxygens (including phenoxy) is 3. The van der Waals surface area contributed by atoms with E-state index in [1.54, 1.807) is 12.1 Å². The first-order valence-electron chi connectivity index (χ1n) is 10.2. The molecule has 1 aromatic carbocycles. The molecule has 2 heterocycles. The molecule has 12 heteroatoms. The number of aryl methyl sites for hydroxylation is 1. The van der Waals surface area contributed by atoms with Crippen molar-refractivity contribution >= 4 is 40.0 Å². The lowest BCUT2D eigenvalue weighted by Crippen LogP contribution is -2.12. The number of nitrogens with two attached hydrogens (primary N) is 1. The maximum Gasteiger partial charge on any atom is 0.226 e. The maximum atomic E-state index is 12.3. The van der Waals surface area contributed by atoms with E-state index in [0.717, 1.165) is 5.69 Å². The number of hydrogen-bond acceptors (Lipinski definition) is 11. The predicted octanol–water partition coefficient (Wildman–Crippen LogP) is 3.99. The van der Waals surface area contributed by atoms with Crippen molar-refractivity contribution in [2.45, 2.75) is 18.4 Å². The minimum absolute atomic E-state index is 0.0273. The number of hydrogen-bond donors (Lipinski definition) is 2. The van der Waals surface area contributed by atoms with E-state index >= 15 is 0 Å². The number of methoxy groups -OCH3 is 3. The Kier molecular flexibility index (Phi) is 8.36. The van der Waals surface area contributed by atoms with Gasteiger partial charge in [-0.05, 0) is 24.6 Å². The summed E-state index contributed by atoms with van der Waals surface area (Å²) in [7, 11) is 4.42. The number of nitrogens with one attached hydrogen (secondary N) is 1. The Hall–Kier alpha value is -4.00. The highest BCUT2D eigenvalue weighted by molar-refractivity contribution is 7.99. The first-order chi connectivity index (χ1) is 16.9. The van der Waals surface area contributed by atoms with Crippen LogP contribution >= 0.6 is 23.1 Å². The summed E-state index contributed by atoms with van der Waals surface area (Å²) in [5.74, 6) is 1.17. The Balaban J connectivity index is 1.97. The summed E-state index contributed by atoms with van der Waals surface area (Å²) >= 11 is 2.54. The Morgan fingerprint density at radius 1 is 1.11 bits per heavy atom. The lowest BCUT2D eigenvalue weighted by Gasteiger charge is -2.17. The molecular formula is C23H22N6O4S2. The second-order valence-corrected chi connectivity index (χ2v) is 8.95. The summed E-state index contributed by atoms with van der Waals surface area (Å²) in [6.45, 7) is 1.85. The van der Waals surface area contributed by atoms with Gasteiger partial charge in [0.2, 0.25) is 11.7 Å². The third kappa shape index (κ3) is 5.57. The zero-order valence-corrected chi connectivity index (χ0v) is 21.1. The second kappa shape index (κ2) is 11.4. The van der Waals surface area contributed by atoms with Crippen LogP contribution < -0.4 is 25.3 Å². The molecule has 0 unspecified atom stereocenters. The van der Waals surface area contributed by atoms with Gasteiger partial charge in [0.15, 0.2) is 16.6 Å². The topological polar surface area (TPSA) is 156 Å². The zero-order chi connectivity index (χ0) is 25.5. The largest absolute Gasteiger partial charge is 0.493 e. The Morgan fingerprint density at radius 3 is 2.29 bits per heavy atom. The van der Waals surface area contributed by atoms with E-state index in [1.807, 2.05) is 18.4 Å². The van der Waals surface area contributed by atoms with Gasteiger partial charge in [0, 0.05) is 23.1 Å². The number of amides is 1. The highest BCUT2D eigenvalue weighted by Gasteiger charge is 2.23. The first kappa shape index (κ1) is 25.6. The minimum atomic E-state index is -0.211. The number of thiazole rings is 1. The highest BCUT2D eigenvalue weighted by Crippen LogP contribution is 2.44. The van der Waals surface area contributed by atoms with E-state index in [2.05, 4.69) is 21.4 Å². The molecule has 0 radical (unpaired) electrons. The van der Waals surface area contributed by atoms with Crippen molar-refractivity contribution in [3.8, 4) is 40.5 Å². The molecule has 3 rings (SSSR count). The summed E-state index contributed by atoms with van der Waals surface area (Å²) in [6.07, 6.45) is 0.162. The number of nitriles is 2. The van der Waals surface area contributed by atoms with Crippen LogP contribution in [0, 0.1) is 29.6 Å². The van der Waals surface area contributed by atoms with Crippen LogP contribution in [0.1, 0.15) is 23.2 Å². The predicted molar refractivity (Wildman–Crippen MR) is 134 cm³/mol. The lowest BCUT2D eigenvalue weighted by molar-refractivity contribution is -0.115. The number of pyridine rings is 1. The summed E-state index contributed by atoms with van der Waals surface area (Å²) in [5.41, 5.74) is 7.91. The molecule has 3 aromatic rings.